The lowest BCUT2D eigenvalue weighted by Gasteiger charge is -2.01. The third-order valence-electron chi connectivity index (χ3n) is 1.72. The number of nitrogens with zero attached hydrogens (tertiary/aromatic N) is 1. The van der Waals surface area contributed by atoms with Gasteiger partial charge in [0.1, 0.15) is 11.5 Å². The van der Waals surface area contributed by atoms with Crippen LogP contribution in [0.25, 0.3) is 0 Å². The van der Waals surface area contributed by atoms with E-state index in [4.69, 9.17) is 0 Å². The fourth-order valence-corrected chi connectivity index (χ4v) is 1.97. The number of rotatable bonds is 3. The minimum atomic E-state index is -0.452. The first kappa shape index (κ1) is 14.2. The Hall–Kier alpha value is -0.750. The summed E-state index contributed by atoms with van der Waals surface area (Å²) in [5.74, 6) is 0.810. The van der Waals surface area contributed by atoms with Crippen LogP contribution in [0, 0.1) is 10.1 Å². The summed E-state index contributed by atoms with van der Waals surface area (Å²) in [5, 5.41) is 19.9. The minimum Gasteiger partial charge on any atom is -1.00 e. The smallest absolute Gasteiger partial charge is 0.270 e. The van der Waals surface area contributed by atoms with Gasteiger partial charge in [-0.3, -0.25) is 10.1 Å². The van der Waals surface area contributed by atoms with Gasteiger partial charge in [0.2, 0.25) is 0 Å². The van der Waals surface area contributed by atoms with Crippen LogP contribution in [0.3, 0.4) is 0 Å². The van der Waals surface area contributed by atoms with Gasteiger partial charge >= 0.3 is 0 Å². The van der Waals surface area contributed by atoms with E-state index in [1.807, 2.05) is 12.5 Å². The molecule has 1 aromatic rings. The van der Waals surface area contributed by atoms with Gasteiger partial charge in [-0.25, -0.2) is 0 Å². The number of aromatic hydroxyl groups is 1. The molecule has 0 radical (unpaired) electrons. The zero-order valence-corrected chi connectivity index (χ0v) is 10.8. The van der Waals surface area contributed by atoms with E-state index in [1.165, 1.54) is 18.2 Å². The van der Waals surface area contributed by atoms with Crippen LogP contribution in [-0.2, 0) is 16.6 Å². The van der Waals surface area contributed by atoms with Crippen molar-refractivity contribution in [3.63, 3.8) is 0 Å². The van der Waals surface area contributed by atoms with E-state index in [0.717, 1.165) is 0 Å². The topological polar surface area (TPSA) is 63.4 Å². The summed E-state index contributed by atoms with van der Waals surface area (Å²) >= 11 is 0. The Morgan fingerprint density at radius 1 is 1.47 bits per heavy atom. The predicted molar refractivity (Wildman–Crippen MR) is 57.7 cm³/mol. The molecule has 0 aliphatic heterocycles. The van der Waals surface area contributed by atoms with Gasteiger partial charge in [0.05, 0.1) is 17.4 Å². The SMILES string of the molecule is C[S+](C)Cc1cc([N+](=O)[O-])ccc1O.[Br-]. The maximum atomic E-state index is 10.5. The summed E-state index contributed by atoms with van der Waals surface area (Å²) in [5.41, 5.74) is 0.677. The quantitative estimate of drug-likeness (QED) is 0.427. The first-order valence-corrected chi connectivity index (χ1v) is 6.22. The van der Waals surface area contributed by atoms with E-state index < -0.39 is 4.92 Å². The molecule has 4 nitrogen and oxygen atoms in total. The fraction of sp³-hybridized carbons (Fsp3) is 0.333. The summed E-state index contributed by atoms with van der Waals surface area (Å²) in [4.78, 5) is 10.0. The zero-order chi connectivity index (χ0) is 10.7. The van der Waals surface area contributed by atoms with Crippen LogP contribution in [0.1, 0.15) is 5.56 Å². The molecule has 0 bridgehead atoms. The average molecular weight is 294 g/mol. The molecule has 0 unspecified atom stereocenters. The van der Waals surface area contributed by atoms with Crippen molar-refractivity contribution in [3.05, 3.63) is 33.9 Å². The minimum absolute atomic E-state index is 0. The molecule has 0 fully saturated rings. The predicted octanol–water partition coefficient (Wildman–Crippen LogP) is -1.32. The van der Waals surface area contributed by atoms with Gasteiger partial charge < -0.3 is 22.1 Å². The van der Waals surface area contributed by atoms with Crippen molar-refractivity contribution in [2.24, 2.45) is 0 Å². The van der Waals surface area contributed by atoms with Crippen LogP contribution in [-0.4, -0.2) is 22.5 Å². The number of halogens is 1. The highest BCUT2D eigenvalue weighted by Crippen LogP contribution is 2.24. The molecule has 0 spiro atoms. The van der Waals surface area contributed by atoms with Gasteiger partial charge in [-0.2, -0.15) is 0 Å². The van der Waals surface area contributed by atoms with Gasteiger partial charge in [-0.05, 0) is 17.0 Å². The Balaban J connectivity index is 0.00000196. The van der Waals surface area contributed by atoms with E-state index in [-0.39, 0.29) is 39.3 Å². The second kappa shape index (κ2) is 5.97. The molecule has 15 heavy (non-hydrogen) atoms. The second-order valence-electron chi connectivity index (χ2n) is 3.20. The standard InChI is InChI=1S/C9H11NO3S.BrH/c1-14(2)6-7-5-8(10(12)13)3-4-9(7)11;/h3-5H,6H2,1-2H3;1H. The van der Waals surface area contributed by atoms with Crippen LogP contribution in [0.2, 0.25) is 0 Å². The number of nitro groups is 1. The van der Waals surface area contributed by atoms with Crippen molar-refractivity contribution in [1.82, 2.24) is 0 Å². The Bertz CT molecular complexity index is 357. The molecule has 0 aliphatic rings. The summed E-state index contributed by atoms with van der Waals surface area (Å²) in [6, 6.07) is 4.12. The molecular formula is C9H12BrNO3S. The van der Waals surface area contributed by atoms with Crippen molar-refractivity contribution in [1.29, 1.82) is 0 Å². The molecule has 6 heteroatoms. The summed E-state index contributed by atoms with van der Waals surface area (Å²) in [6.45, 7) is 0. The van der Waals surface area contributed by atoms with Gasteiger partial charge in [0.25, 0.3) is 5.69 Å². The van der Waals surface area contributed by atoms with Crippen molar-refractivity contribution >= 4 is 16.6 Å². The molecule has 0 aromatic heterocycles. The lowest BCUT2D eigenvalue weighted by atomic mass is 10.2. The van der Waals surface area contributed by atoms with Crippen LogP contribution < -0.4 is 17.0 Å². The Kier molecular flexibility index (Phi) is 5.67. The number of benzene rings is 1. The average Bonchev–Trinajstić information content (AvgIpc) is 2.07. The van der Waals surface area contributed by atoms with E-state index >= 15 is 0 Å². The summed E-state index contributed by atoms with van der Waals surface area (Å²) < 4.78 is 0. The summed E-state index contributed by atoms with van der Waals surface area (Å²) in [7, 11) is 0.119. The molecular weight excluding hydrogens is 282 g/mol. The molecule has 1 N–H and O–H groups in total. The number of phenols is 1. The Morgan fingerprint density at radius 2 is 2.07 bits per heavy atom. The van der Waals surface area contributed by atoms with Crippen LogP contribution >= 0.6 is 0 Å². The third kappa shape index (κ3) is 4.09. The van der Waals surface area contributed by atoms with E-state index in [1.54, 1.807) is 0 Å². The number of nitro benzene ring substituents is 1. The highest BCUT2D eigenvalue weighted by molar-refractivity contribution is 7.94. The van der Waals surface area contributed by atoms with Crippen LogP contribution in [0.5, 0.6) is 5.75 Å². The molecule has 0 saturated heterocycles. The molecule has 84 valence electrons. The molecule has 0 aliphatic carbocycles. The lowest BCUT2D eigenvalue weighted by Crippen LogP contribution is -3.00. The van der Waals surface area contributed by atoms with Gasteiger partial charge in [0.15, 0.2) is 0 Å². The molecule has 0 amide bonds. The molecule has 1 rings (SSSR count). The monoisotopic (exact) mass is 293 g/mol. The van der Waals surface area contributed by atoms with Crippen molar-refractivity contribution < 1.29 is 27.0 Å². The number of hydrogen-bond acceptors (Lipinski definition) is 3. The Labute approximate surface area is 102 Å². The number of phenolic OH excluding ortho intramolecular Hbond substituents is 1. The maximum Gasteiger partial charge on any atom is 0.270 e. The highest BCUT2D eigenvalue weighted by Gasteiger charge is 2.14. The normalized spacial score (nSPS) is 9.80. The summed E-state index contributed by atoms with van der Waals surface area (Å²) in [6.07, 6.45) is 4.05. The lowest BCUT2D eigenvalue weighted by molar-refractivity contribution is -0.384. The van der Waals surface area contributed by atoms with Crippen molar-refractivity contribution in [2.75, 3.05) is 12.5 Å². The molecule has 0 atom stereocenters. The number of non-ortho nitro benzene ring substituents is 1. The number of hydrogen-bond donors (Lipinski definition) is 1. The molecule has 0 saturated carbocycles. The van der Waals surface area contributed by atoms with E-state index in [2.05, 4.69) is 0 Å². The molecule has 0 heterocycles. The zero-order valence-electron chi connectivity index (χ0n) is 8.44. The molecule has 1 aromatic carbocycles. The van der Waals surface area contributed by atoms with E-state index in [9.17, 15) is 15.2 Å². The van der Waals surface area contributed by atoms with Gasteiger partial charge in [-0.15, -0.1) is 0 Å². The van der Waals surface area contributed by atoms with E-state index in [0.29, 0.717) is 11.3 Å². The first-order chi connectivity index (χ1) is 6.50. The largest absolute Gasteiger partial charge is 1.00 e. The van der Waals surface area contributed by atoms with Gasteiger partial charge in [0, 0.05) is 17.7 Å². The van der Waals surface area contributed by atoms with Crippen molar-refractivity contribution in [3.8, 4) is 5.75 Å². The second-order valence-corrected chi connectivity index (χ2v) is 5.46. The first-order valence-electron chi connectivity index (χ1n) is 4.01. The third-order valence-corrected chi connectivity index (χ3v) is 2.61. The Morgan fingerprint density at radius 3 is 2.53 bits per heavy atom. The fourth-order valence-electron chi connectivity index (χ4n) is 1.11. The van der Waals surface area contributed by atoms with Crippen LogP contribution in [0.15, 0.2) is 18.2 Å². The maximum absolute atomic E-state index is 10.5. The van der Waals surface area contributed by atoms with Gasteiger partial charge in [-0.1, -0.05) is 0 Å². The van der Waals surface area contributed by atoms with Crippen LogP contribution in [0.4, 0.5) is 5.69 Å². The van der Waals surface area contributed by atoms with Crippen molar-refractivity contribution in [2.45, 2.75) is 5.75 Å². The highest BCUT2D eigenvalue weighted by atomic mass is 79.9.